The standard InChI is InChI=1S/C22H19FO3/c23-20-12-18(8-11-21(20)24)22(14-25-15-22)17-6-9-19(10-7-17)26-13-16-4-2-1-3-5-16/h1-12,24H,13-15H2. The van der Waals surface area contributed by atoms with Crippen molar-refractivity contribution in [3.05, 3.63) is 95.3 Å². The van der Waals surface area contributed by atoms with Gasteiger partial charge in [-0.3, -0.25) is 0 Å². The predicted octanol–water partition coefficient (Wildman–Crippen LogP) is 4.43. The Hall–Kier alpha value is -2.85. The molecule has 1 aliphatic heterocycles. The summed E-state index contributed by atoms with van der Waals surface area (Å²) in [5.41, 5.74) is 2.57. The maximum absolute atomic E-state index is 13.8. The Kier molecular flexibility index (Phi) is 4.35. The van der Waals surface area contributed by atoms with Crippen LogP contribution in [0.1, 0.15) is 16.7 Å². The molecule has 3 aromatic carbocycles. The molecule has 0 saturated carbocycles. The minimum atomic E-state index is -0.614. The lowest BCUT2D eigenvalue weighted by Crippen LogP contribution is -2.47. The maximum atomic E-state index is 13.8. The van der Waals surface area contributed by atoms with Crippen molar-refractivity contribution in [1.82, 2.24) is 0 Å². The van der Waals surface area contributed by atoms with E-state index in [1.54, 1.807) is 6.07 Å². The van der Waals surface area contributed by atoms with Crippen LogP contribution in [0.25, 0.3) is 0 Å². The smallest absolute Gasteiger partial charge is 0.165 e. The van der Waals surface area contributed by atoms with Gasteiger partial charge >= 0.3 is 0 Å². The van der Waals surface area contributed by atoms with E-state index in [1.807, 2.05) is 54.6 Å². The van der Waals surface area contributed by atoms with Crippen LogP contribution in [0.15, 0.2) is 72.8 Å². The first-order valence-electron chi connectivity index (χ1n) is 8.51. The fraction of sp³-hybridized carbons (Fsp3) is 0.182. The van der Waals surface area contributed by atoms with E-state index in [-0.39, 0.29) is 11.2 Å². The van der Waals surface area contributed by atoms with Crippen LogP contribution in [0.4, 0.5) is 4.39 Å². The fourth-order valence-corrected chi connectivity index (χ4v) is 3.22. The Labute approximate surface area is 151 Å². The molecule has 0 aliphatic carbocycles. The molecule has 0 aromatic heterocycles. The van der Waals surface area contributed by atoms with Crippen molar-refractivity contribution >= 4 is 0 Å². The third-order valence-corrected chi connectivity index (χ3v) is 4.85. The summed E-state index contributed by atoms with van der Waals surface area (Å²) < 4.78 is 25.1. The minimum Gasteiger partial charge on any atom is -0.505 e. The molecule has 3 nitrogen and oxygen atoms in total. The van der Waals surface area contributed by atoms with Gasteiger partial charge in [-0.15, -0.1) is 0 Å². The van der Waals surface area contributed by atoms with Gasteiger partial charge < -0.3 is 14.6 Å². The summed E-state index contributed by atoms with van der Waals surface area (Å²) in [5, 5.41) is 9.44. The van der Waals surface area contributed by atoms with E-state index in [2.05, 4.69) is 0 Å². The maximum Gasteiger partial charge on any atom is 0.165 e. The van der Waals surface area contributed by atoms with Crippen molar-refractivity contribution in [2.75, 3.05) is 13.2 Å². The number of ether oxygens (including phenoxy) is 2. The normalized spacial score (nSPS) is 15.3. The zero-order valence-electron chi connectivity index (χ0n) is 14.2. The van der Waals surface area contributed by atoms with E-state index in [4.69, 9.17) is 9.47 Å². The quantitative estimate of drug-likeness (QED) is 0.740. The number of phenolic OH excluding ortho intramolecular Hbond substituents is 1. The highest BCUT2D eigenvalue weighted by atomic mass is 19.1. The van der Waals surface area contributed by atoms with Crippen molar-refractivity contribution in [2.24, 2.45) is 0 Å². The molecular formula is C22H19FO3. The fourth-order valence-electron chi connectivity index (χ4n) is 3.22. The average molecular weight is 350 g/mol. The zero-order chi connectivity index (χ0) is 18.0. The monoisotopic (exact) mass is 350 g/mol. The first kappa shape index (κ1) is 16.6. The van der Waals surface area contributed by atoms with Crippen molar-refractivity contribution < 1.29 is 19.0 Å². The average Bonchev–Trinajstić information content (AvgIpc) is 2.64. The molecule has 1 N–H and O–H groups in total. The van der Waals surface area contributed by atoms with Gasteiger partial charge in [-0.1, -0.05) is 48.5 Å². The molecule has 132 valence electrons. The van der Waals surface area contributed by atoms with E-state index in [9.17, 15) is 9.50 Å². The lowest BCUT2D eigenvalue weighted by molar-refractivity contribution is -0.0381. The molecule has 1 heterocycles. The second-order valence-corrected chi connectivity index (χ2v) is 6.54. The molecule has 0 atom stereocenters. The third kappa shape index (κ3) is 3.04. The van der Waals surface area contributed by atoms with Crippen LogP contribution in [-0.4, -0.2) is 18.3 Å². The van der Waals surface area contributed by atoms with E-state index >= 15 is 0 Å². The lowest BCUT2D eigenvalue weighted by atomic mass is 9.73. The number of hydrogen-bond donors (Lipinski definition) is 1. The van der Waals surface area contributed by atoms with Gasteiger partial charge in [-0.05, 0) is 41.0 Å². The van der Waals surface area contributed by atoms with Gasteiger partial charge in [0.05, 0.1) is 18.6 Å². The molecule has 0 amide bonds. The Morgan fingerprint density at radius 1 is 0.923 bits per heavy atom. The van der Waals surface area contributed by atoms with Gasteiger partial charge in [-0.2, -0.15) is 0 Å². The summed E-state index contributed by atoms with van der Waals surface area (Å²) in [4.78, 5) is 0. The molecule has 1 saturated heterocycles. The molecule has 1 aliphatic rings. The molecular weight excluding hydrogens is 331 g/mol. The minimum absolute atomic E-state index is 0.339. The number of benzene rings is 3. The van der Waals surface area contributed by atoms with Gasteiger partial charge in [0.2, 0.25) is 0 Å². The molecule has 4 rings (SSSR count). The summed E-state index contributed by atoms with van der Waals surface area (Å²) in [6.07, 6.45) is 0. The van der Waals surface area contributed by atoms with E-state index in [0.29, 0.717) is 19.8 Å². The van der Waals surface area contributed by atoms with Crippen LogP contribution in [0.2, 0.25) is 0 Å². The summed E-state index contributed by atoms with van der Waals surface area (Å²) >= 11 is 0. The Morgan fingerprint density at radius 2 is 1.62 bits per heavy atom. The zero-order valence-corrected chi connectivity index (χ0v) is 14.2. The van der Waals surface area contributed by atoms with Crippen LogP contribution in [0.3, 0.4) is 0 Å². The number of rotatable bonds is 5. The van der Waals surface area contributed by atoms with Crippen molar-refractivity contribution in [3.8, 4) is 11.5 Å². The SMILES string of the molecule is Oc1ccc(C2(c3ccc(OCc4ccccc4)cc3)COC2)cc1F. The molecule has 0 spiro atoms. The predicted molar refractivity (Wildman–Crippen MR) is 96.9 cm³/mol. The van der Waals surface area contributed by atoms with Crippen LogP contribution >= 0.6 is 0 Å². The van der Waals surface area contributed by atoms with Crippen molar-refractivity contribution in [1.29, 1.82) is 0 Å². The summed E-state index contributed by atoms with van der Waals surface area (Å²) in [5.74, 6) is -0.171. The molecule has 0 unspecified atom stereocenters. The number of aromatic hydroxyl groups is 1. The second kappa shape index (κ2) is 6.81. The van der Waals surface area contributed by atoms with Gasteiger partial charge in [0.1, 0.15) is 12.4 Å². The second-order valence-electron chi connectivity index (χ2n) is 6.54. The van der Waals surface area contributed by atoms with Crippen molar-refractivity contribution in [2.45, 2.75) is 12.0 Å². The molecule has 3 aromatic rings. The van der Waals surface area contributed by atoms with E-state index in [0.717, 1.165) is 22.4 Å². The summed E-state index contributed by atoms with van der Waals surface area (Å²) in [6, 6.07) is 22.4. The van der Waals surface area contributed by atoms with Crippen LogP contribution in [0, 0.1) is 5.82 Å². The Morgan fingerprint density at radius 3 is 2.23 bits per heavy atom. The van der Waals surface area contributed by atoms with E-state index in [1.165, 1.54) is 12.1 Å². The lowest BCUT2D eigenvalue weighted by Gasteiger charge is -2.42. The first-order chi connectivity index (χ1) is 12.7. The molecule has 4 heteroatoms. The molecule has 0 radical (unpaired) electrons. The highest BCUT2D eigenvalue weighted by Crippen LogP contribution is 2.40. The molecule has 26 heavy (non-hydrogen) atoms. The Balaban J connectivity index is 1.54. The highest BCUT2D eigenvalue weighted by molar-refractivity contribution is 5.45. The number of halogens is 1. The van der Waals surface area contributed by atoms with Crippen LogP contribution in [0.5, 0.6) is 11.5 Å². The van der Waals surface area contributed by atoms with Gasteiger partial charge in [-0.25, -0.2) is 4.39 Å². The highest BCUT2D eigenvalue weighted by Gasteiger charge is 2.42. The van der Waals surface area contributed by atoms with Crippen LogP contribution < -0.4 is 4.74 Å². The van der Waals surface area contributed by atoms with Gasteiger partial charge in [0, 0.05) is 0 Å². The summed E-state index contributed by atoms with van der Waals surface area (Å²) in [6.45, 7) is 1.49. The largest absolute Gasteiger partial charge is 0.505 e. The first-order valence-corrected chi connectivity index (χ1v) is 8.51. The summed E-state index contributed by atoms with van der Waals surface area (Å²) in [7, 11) is 0. The van der Waals surface area contributed by atoms with Crippen LogP contribution in [-0.2, 0) is 16.8 Å². The van der Waals surface area contributed by atoms with Gasteiger partial charge in [0.15, 0.2) is 11.6 Å². The van der Waals surface area contributed by atoms with Gasteiger partial charge in [0.25, 0.3) is 0 Å². The van der Waals surface area contributed by atoms with E-state index < -0.39 is 5.82 Å². The number of phenols is 1. The van der Waals surface area contributed by atoms with Crippen molar-refractivity contribution in [3.63, 3.8) is 0 Å². The molecule has 0 bridgehead atoms. The topological polar surface area (TPSA) is 38.7 Å². The Bertz CT molecular complexity index is 887. The molecule has 1 fully saturated rings. The number of hydrogen-bond acceptors (Lipinski definition) is 3. The third-order valence-electron chi connectivity index (χ3n) is 4.85.